The molecule has 1 N–H and O–H groups in total. The summed E-state index contributed by atoms with van der Waals surface area (Å²) in [6.45, 7) is 0.264. The minimum absolute atomic E-state index is 0.0779. The molecule has 110 valence electrons. The number of pyridine rings is 1. The molecule has 1 unspecified atom stereocenters. The molecular weight excluding hydrogens is 300 g/mol. The molecule has 1 aliphatic heterocycles. The molecule has 2 heterocycles. The smallest absolute Gasteiger partial charge is 0.322 e. The molecule has 8 heteroatoms. The lowest BCUT2D eigenvalue weighted by molar-refractivity contribution is -0.140. The van der Waals surface area contributed by atoms with Crippen molar-refractivity contribution in [1.29, 1.82) is 0 Å². The summed E-state index contributed by atoms with van der Waals surface area (Å²) in [4.78, 5) is 15.0. The standard InChI is InChI=1S/C12H16N2O4S2/c15-12(16)11-9-19-7-6-14(11)20(17,18)8-3-10-1-4-13-5-2-10/h1-2,4-5,11H,3,6-9H2,(H,15,16). The zero-order valence-corrected chi connectivity index (χ0v) is 12.4. The van der Waals surface area contributed by atoms with Crippen LogP contribution in [0.15, 0.2) is 24.5 Å². The van der Waals surface area contributed by atoms with Crippen LogP contribution in [0.5, 0.6) is 0 Å². The van der Waals surface area contributed by atoms with Gasteiger partial charge < -0.3 is 5.11 Å². The van der Waals surface area contributed by atoms with Gasteiger partial charge in [-0.2, -0.15) is 16.1 Å². The zero-order valence-electron chi connectivity index (χ0n) is 10.8. The molecule has 0 aromatic carbocycles. The number of thioether (sulfide) groups is 1. The summed E-state index contributed by atoms with van der Waals surface area (Å²) >= 11 is 1.47. The van der Waals surface area contributed by atoms with Crippen LogP contribution in [0.1, 0.15) is 5.56 Å². The number of aliphatic carboxylic acids is 1. The molecule has 1 atom stereocenters. The van der Waals surface area contributed by atoms with Gasteiger partial charge in [-0.25, -0.2) is 8.42 Å². The number of carboxylic acid groups (broad SMARTS) is 1. The van der Waals surface area contributed by atoms with Crippen molar-refractivity contribution in [2.24, 2.45) is 0 Å². The molecule has 0 aliphatic carbocycles. The number of nitrogens with zero attached hydrogens (tertiary/aromatic N) is 2. The van der Waals surface area contributed by atoms with Gasteiger partial charge in [0.15, 0.2) is 0 Å². The lowest BCUT2D eigenvalue weighted by Gasteiger charge is -2.31. The molecule has 0 amide bonds. The summed E-state index contributed by atoms with van der Waals surface area (Å²) < 4.78 is 25.8. The fourth-order valence-electron chi connectivity index (χ4n) is 2.03. The van der Waals surface area contributed by atoms with Crippen molar-refractivity contribution in [2.75, 3.05) is 23.8 Å². The zero-order chi connectivity index (χ0) is 14.6. The van der Waals surface area contributed by atoms with Crippen molar-refractivity contribution in [3.63, 3.8) is 0 Å². The highest BCUT2D eigenvalue weighted by molar-refractivity contribution is 7.99. The lowest BCUT2D eigenvalue weighted by atomic mass is 10.2. The van der Waals surface area contributed by atoms with Crippen molar-refractivity contribution in [3.05, 3.63) is 30.1 Å². The largest absolute Gasteiger partial charge is 0.480 e. The Hall–Kier alpha value is -1.12. The number of sulfonamides is 1. The summed E-state index contributed by atoms with van der Waals surface area (Å²) in [7, 11) is -3.56. The number of rotatable bonds is 5. The second-order valence-electron chi connectivity index (χ2n) is 4.46. The van der Waals surface area contributed by atoms with E-state index in [4.69, 9.17) is 5.11 Å². The predicted octanol–water partition coefficient (Wildman–Crippen LogP) is 0.456. The van der Waals surface area contributed by atoms with E-state index in [2.05, 4.69) is 4.98 Å². The Morgan fingerprint density at radius 3 is 2.80 bits per heavy atom. The van der Waals surface area contributed by atoms with Crippen LogP contribution in [-0.2, 0) is 21.2 Å². The van der Waals surface area contributed by atoms with E-state index in [9.17, 15) is 13.2 Å². The molecular formula is C12H16N2O4S2. The first-order valence-corrected chi connectivity index (χ1v) is 8.96. The van der Waals surface area contributed by atoms with Crippen molar-refractivity contribution >= 4 is 27.8 Å². The number of hydrogen-bond acceptors (Lipinski definition) is 5. The minimum atomic E-state index is -3.56. The molecule has 0 spiro atoms. The van der Waals surface area contributed by atoms with E-state index in [0.29, 0.717) is 17.9 Å². The summed E-state index contributed by atoms with van der Waals surface area (Å²) in [5, 5.41) is 9.13. The highest BCUT2D eigenvalue weighted by Crippen LogP contribution is 2.20. The van der Waals surface area contributed by atoms with Gasteiger partial charge in [-0.3, -0.25) is 9.78 Å². The second-order valence-corrected chi connectivity index (χ2v) is 7.65. The van der Waals surface area contributed by atoms with Gasteiger partial charge in [0.2, 0.25) is 10.0 Å². The highest BCUT2D eigenvalue weighted by atomic mass is 32.2. The maximum Gasteiger partial charge on any atom is 0.322 e. The Kier molecular flexibility index (Phi) is 5.00. The molecule has 0 radical (unpaired) electrons. The fourth-order valence-corrected chi connectivity index (χ4v) is 4.93. The summed E-state index contributed by atoms with van der Waals surface area (Å²) in [5.74, 6) is -0.210. The van der Waals surface area contributed by atoms with Crippen molar-refractivity contribution in [2.45, 2.75) is 12.5 Å². The quantitative estimate of drug-likeness (QED) is 0.849. The topological polar surface area (TPSA) is 87.6 Å². The van der Waals surface area contributed by atoms with Crippen LogP contribution >= 0.6 is 11.8 Å². The molecule has 1 fully saturated rings. The normalized spacial score (nSPS) is 20.7. The van der Waals surface area contributed by atoms with E-state index in [1.165, 1.54) is 11.8 Å². The SMILES string of the molecule is O=C(O)C1CSCCN1S(=O)(=O)CCc1ccncc1. The van der Waals surface area contributed by atoms with E-state index < -0.39 is 22.0 Å². The minimum Gasteiger partial charge on any atom is -0.480 e. The maximum atomic E-state index is 12.3. The summed E-state index contributed by atoms with van der Waals surface area (Å²) in [6, 6.07) is 2.57. The molecule has 0 saturated carbocycles. The summed E-state index contributed by atoms with van der Waals surface area (Å²) in [6.07, 6.45) is 3.58. The van der Waals surface area contributed by atoms with E-state index in [1.807, 2.05) is 0 Å². The van der Waals surface area contributed by atoms with E-state index in [0.717, 1.165) is 9.87 Å². The third kappa shape index (κ3) is 3.71. The lowest BCUT2D eigenvalue weighted by Crippen LogP contribution is -2.51. The molecule has 1 aromatic heterocycles. The maximum absolute atomic E-state index is 12.3. The average molecular weight is 316 g/mol. The van der Waals surface area contributed by atoms with Gasteiger partial charge in [0.05, 0.1) is 5.75 Å². The molecule has 1 saturated heterocycles. The second kappa shape index (κ2) is 6.55. The van der Waals surface area contributed by atoms with Crippen molar-refractivity contribution < 1.29 is 18.3 Å². The van der Waals surface area contributed by atoms with E-state index in [-0.39, 0.29) is 12.3 Å². The fraction of sp³-hybridized carbons (Fsp3) is 0.500. The molecule has 1 aliphatic rings. The van der Waals surface area contributed by atoms with Gasteiger partial charge >= 0.3 is 5.97 Å². The van der Waals surface area contributed by atoms with Crippen molar-refractivity contribution in [1.82, 2.24) is 9.29 Å². The number of carbonyl (C=O) groups is 1. The van der Waals surface area contributed by atoms with Gasteiger partial charge in [-0.05, 0) is 24.1 Å². The van der Waals surface area contributed by atoms with Crippen LogP contribution in [0, 0.1) is 0 Å². The number of aryl methyl sites for hydroxylation is 1. The van der Waals surface area contributed by atoms with Crippen LogP contribution in [-0.4, -0.2) is 58.6 Å². The molecule has 0 bridgehead atoms. The Morgan fingerprint density at radius 1 is 1.45 bits per heavy atom. The molecule has 2 rings (SSSR count). The van der Waals surface area contributed by atoms with Crippen LogP contribution < -0.4 is 0 Å². The molecule has 20 heavy (non-hydrogen) atoms. The van der Waals surface area contributed by atoms with Crippen molar-refractivity contribution in [3.8, 4) is 0 Å². The van der Waals surface area contributed by atoms with Crippen LogP contribution in [0.2, 0.25) is 0 Å². The Bertz CT molecular complexity index is 562. The van der Waals surface area contributed by atoms with E-state index in [1.54, 1.807) is 24.5 Å². The first-order valence-electron chi connectivity index (χ1n) is 6.19. The average Bonchev–Trinajstić information content (AvgIpc) is 2.46. The first-order chi connectivity index (χ1) is 9.50. The van der Waals surface area contributed by atoms with Gasteiger partial charge in [0.25, 0.3) is 0 Å². The number of carboxylic acids is 1. The Balaban J connectivity index is 2.06. The Labute approximate surface area is 122 Å². The molecule has 1 aromatic rings. The van der Waals surface area contributed by atoms with E-state index >= 15 is 0 Å². The van der Waals surface area contributed by atoms with Gasteiger partial charge in [0, 0.05) is 30.4 Å². The summed E-state index contributed by atoms with van der Waals surface area (Å²) in [5.41, 5.74) is 0.877. The third-order valence-corrected chi connectivity index (χ3v) is 6.01. The third-order valence-electron chi connectivity index (χ3n) is 3.12. The predicted molar refractivity (Wildman–Crippen MR) is 77.2 cm³/mol. The monoisotopic (exact) mass is 316 g/mol. The number of aromatic nitrogens is 1. The van der Waals surface area contributed by atoms with Gasteiger partial charge in [-0.15, -0.1) is 0 Å². The van der Waals surface area contributed by atoms with Crippen LogP contribution in [0.25, 0.3) is 0 Å². The highest BCUT2D eigenvalue weighted by Gasteiger charge is 2.36. The van der Waals surface area contributed by atoms with Crippen LogP contribution in [0.4, 0.5) is 0 Å². The van der Waals surface area contributed by atoms with Crippen LogP contribution in [0.3, 0.4) is 0 Å². The number of hydrogen-bond donors (Lipinski definition) is 1. The van der Waals surface area contributed by atoms with Gasteiger partial charge in [-0.1, -0.05) is 0 Å². The Morgan fingerprint density at radius 2 is 2.15 bits per heavy atom. The molecule has 6 nitrogen and oxygen atoms in total. The van der Waals surface area contributed by atoms with Gasteiger partial charge in [0.1, 0.15) is 6.04 Å². The first kappa shape index (κ1) is 15.3.